The van der Waals surface area contributed by atoms with Crippen LogP contribution in [0.3, 0.4) is 0 Å². The molecule has 0 saturated carbocycles. The van der Waals surface area contributed by atoms with Gasteiger partial charge in [0.15, 0.2) is 17.3 Å². The molecule has 0 aliphatic carbocycles. The van der Waals surface area contributed by atoms with Gasteiger partial charge in [0.2, 0.25) is 6.79 Å². The van der Waals surface area contributed by atoms with Crippen molar-refractivity contribution < 1.29 is 9.47 Å². The molecule has 0 unspecified atom stereocenters. The van der Waals surface area contributed by atoms with Gasteiger partial charge in [0, 0.05) is 38.3 Å². The van der Waals surface area contributed by atoms with E-state index in [0.717, 1.165) is 66.3 Å². The second-order valence-corrected chi connectivity index (χ2v) is 10.7. The summed E-state index contributed by atoms with van der Waals surface area (Å²) in [5.41, 5.74) is 4.71. The van der Waals surface area contributed by atoms with E-state index in [1.165, 1.54) is 5.56 Å². The second-order valence-electron chi connectivity index (χ2n) is 10.7. The molecule has 0 spiro atoms. The zero-order valence-electron chi connectivity index (χ0n) is 22.9. The summed E-state index contributed by atoms with van der Waals surface area (Å²) in [5, 5.41) is 13.9. The first-order valence-corrected chi connectivity index (χ1v) is 13.9. The lowest BCUT2D eigenvalue weighted by molar-refractivity contribution is 0.0998. The van der Waals surface area contributed by atoms with Gasteiger partial charge in [0.05, 0.1) is 12.1 Å². The number of fused-ring (bicyclic) bond motifs is 2. The van der Waals surface area contributed by atoms with Gasteiger partial charge in [-0.15, -0.1) is 5.10 Å². The Morgan fingerprint density at radius 1 is 0.878 bits per heavy atom. The van der Waals surface area contributed by atoms with Gasteiger partial charge in [0.25, 0.3) is 5.56 Å². The summed E-state index contributed by atoms with van der Waals surface area (Å²) in [5.74, 6) is 2.26. The first-order valence-electron chi connectivity index (χ1n) is 13.9. The normalized spacial score (nSPS) is 16.3. The Balaban J connectivity index is 1.19. The number of hydrogen-bond donors (Lipinski definition) is 1. The van der Waals surface area contributed by atoms with Crippen LogP contribution < -0.4 is 15.0 Å². The molecule has 41 heavy (non-hydrogen) atoms. The molecule has 1 fully saturated rings. The Morgan fingerprint density at radius 3 is 2.56 bits per heavy atom. The number of nitrogens with zero attached hydrogens (tertiary/aromatic N) is 6. The summed E-state index contributed by atoms with van der Waals surface area (Å²) in [6.07, 6.45) is 0. The summed E-state index contributed by atoms with van der Waals surface area (Å²) in [6.45, 7) is 6.83. The number of piperazine rings is 1. The number of rotatable bonds is 7. The van der Waals surface area contributed by atoms with E-state index in [9.17, 15) is 4.79 Å². The molecule has 5 aromatic rings. The average molecular weight is 550 g/mol. The van der Waals surface area contributed by atoms with Crippen LogP contribution in [-0.4, -0.2) is 68.0 Å². The highest BCUT2D eigenvalue weighted by Crippen LogP contribution is 2.33. The van der Waals surface area contributed by atoms with Crippen LogP contribution in [0.5, 0.6) is 11.5 Å². The first-order chi connectivity index (χ1) is 20.1. The monoisotopic (exact) mass is 549 g/mol. The zero-order chi connectivity index (χ0) is 27.8. The van der Waals surface area contributed by atoms with Gasteiger partial charge >= 0.3 is 0 Å². The molecule has 1 N–H and O–H groups in total. The molecular formula is C31H31N7O3. The Bertz CT molecular complexity index is 1740. The number of pyridine rings is 1. The van der Waals surface area contributed by atoms with E-state index in [2.05, 4.69) is 54.6 Å². The number of ether oxygens (including phenoxy) is 2. The first kappa shape index (κ1) is 25.4. The molecule has 2 aliphatic rings. The summed E-state index contributed by atoms with van der Waals surface area (Å²) < 4.78 is 12.8. The van der Waals surface area contributed by atoms with E-state index in [4.69, 9.17) is 9.47 Å². The van der Waals surface area contributed by atoms with Crippen molar-refractivity contribution in [3.63, 3.8) is 0 Å². The van der Waals surface area contributed by atoms with Crippen molar-refractivity contribution in [2.24, 2.45) is 0 Å². The minimum absolute atomic E-state index is 0.117. The maximum atomic E-state index is 13.6. The van der Waals surface area contributed by atoms with Crippen molar-refractivity contribution >= 4 is 10.9 Å². The van der Waals surface area contributed by atoms with Crippen LogP contribution in [-0.2, 0) is 13.1 Å². The summed E-state index contributed by atoms with van der Waals surface area (Å²) >= 11 is 0. The molecule has 0 bridgehead atoms. The lowest BCUT2D eigenvalue weighted by Gasteiger charge is -2.38. The van der Waals surface area contributed by atoms with Crippen LogP contribution in [0.4, 0.5) is 0 Å². The number of hydrogen-bond acceptors (Lipinski definition) is 8. The predicted octanol–water partition coefficient (Wildman–Crippen LogP) is 3.51. The largest absolute Gasteiger partial charge is 0.454 e. The Morgan fingerprint density at radius 2 is 1.71 bits per heavy atom. The van der Waals surface area contributed by atoms with Crippen molar-refractivity contribution in [1.29, 1.82) is 0 Å². The Kier molecular flexibility index (Phi) is 6.69. The highest BCUT2D eigenvalue weighted by molar-refractivity contribution is 5.82. The van der Waals surface area contributed by atoms with Crippen LogP contribution in [0.15, 0.2) is 77.6 Å². The fourth-order valence-corrected chi connectivity index (χ4v) is 5.86. The number of para-hydroxylation sites is 1. The molecule has 7 rings (SSSR count). The van der Waals surface area contributed by atoms with Crippen LogP contribution in [0.25, 0.3) is 10.9 Å². The number of H-pyrrole nitrogens is 1. The van der Waals surface area contributed by atoms with Crippen LogP contribution in [0.1, 0.15) is 34.1 Å². The molecule has 10 heteroatoms. The van der Waals surface area contributed by atoms with E-state index in [0.29, 0.717) is 17.9 Å². The maximum absolute atomic E-state index is 13.6. The lowest BCUT2D eigenvalue weighted by atomic mass is 10.0. The molecule has 2 aliphatic heterocycles. The van der Waals surface area contributed by atoms with E-state index in [-0.39, 0.29) is 12.4 Å². The smallest absolute Gasteiger partial charge is 0.253 e. The van der Waals surface area contributed by atoms with Crippen molar-refractivity contribution in [1.82, 2.24) is 35.0 Å². The van der Waals surface area contributed by atoms with E-state index < -0.39 is 6.04 Å². The molecule has 1 atom stereocenters. The molecule has 208 valence electrons. The van der Waals surface area contributed by atoms with E-state index >= 15 is 0 Å². The third-order valence-electron chi connectivity index (χ3n) is 8.01. The third-order valence-corrected chi connectivity index (χ3v) is 8.01. The van der Waals surface area contributed by atoms with Crippen molar-refractivity contribution in [3.05, 3.63) is 111 Å². The van der Waals surface area contributed by atoms with Crippen molar-refractivity contribution in [2.75, 3.05) is 33.0 Å². The molecule has 4 heterocycles. The third kappa shape index (κ3) is 5.07. The maximum Gasteiger partial charge on any atom is 0.253 e. The van der Waals surface area contributed by atoms with E-state index in [1.807, 2.05) is 60.1 Å². The van der Waals surface area contributed by atoms with Crippen molar-refractivity contribution in [3.8, 4) is 11.5 Å². The lowest BCUT2D eigenvalue weighted by Crippen LogP contribution is -2.48. The van der Waals surface area contributed by atoms with Crippen LogP contribution in [0.2, 0.25) is 0 Å². The molecule has 0 amide bonds. The quantitative estimate of drug-likeness (QED) is 0.329. The topological polar surface area (TPSA) is 101 Å². The molecule has 3 aromatic carbocycles. The Hall–Kier alpha value is -4.54. The molecule has 0 radical (unpaired) electrons. The summed E-state index contributed by atoms with van der Waals surface area (Å²) in [6, 6.07) is 23.9. The van der Waals surface area contributed by atoms with Crippen LogP contribution >= 0.6 is 0 Å². The van der Waals surface area contributed by atoms with Gasteiger partial charge in [-0.2, -0.15) is 0 Å². The fourth-order valence-electron chi connectivity index (χ4n) is 5.86. The highest BCUT2D eigenvalue weighted by atomic mass is 16.7. The standard InChI is InChI=1S/C31H31N7O3/c1-21-6-5-9-24-17-25(31(39)32-28(21)24)29(30-33-34-35-38(30)19-22-7-3-2-4-8-22)37-14-12-36(13-15-37)18-23-10-11-26-27(16-23)41-20-40-26/h2-11,16-17,29H,12-15,18-20H2,1H3,(H,32,39)/t29-/m1/s1. The van der Waals surface area contributed by atoms with E-state index in [1.54, 1.807) is 0 Å². The molecular weight excluding hydrogens is 518 g/mol. The van der Waals surface area contributed by atoms with Gasteiger partial charge in [-0.3, -0.25) is 14.6 Å². The number of benzene rings is 3. The molecule has 10 nitrogen and oxygen atoms in total. The Labute approximate surface area is 237 Å². The van der Waals surface area contributed by atoms with Gasteiger partial charge in [-0.05, 0) is 57.6 Å². The molecule has 1 saturated heterocycles. The van der Waals surface area contributed by atoms with Gasteiger partial charge in [-0.25, -0.2) is 4.68 Å². The minimum atomic E-state index is -0.393. The minimum Gasteiger partial charge on any atom is -0.454 e. The van der Waals surface area contributed by atoms with Crippen molar-refractivity contribution in [2.45, 2.75) is 26.1 Å². The van der Waals surface area contributed by atoms with Crippen LogP contribution in [0, 0.1) is 6.92 Å². The fraction of sp³-hybridized carbons (Fsp3) is 0.290. The number of aryl methyl sites for hydroxylation is 1. The molecule has 2 aromatic heterocycles. The van der Waals surface area contributed by atoms with Gasteiger partial charge < -0.3 is 14.5 Å². The number of tetrazole rings is 1. The average Bonchev–Trinajstić information content (AvgIpc) is 3.65. The summed E-state index contributed by atoms with van der Waals surface area (Å²) in [7, 11) is 0. The zero-order valence-corrected chi connectivity index (χ0v) is 22.9. The number of aromatic nitrogens is 5. The van der Waals surface area contributed by atoms with Gasteiger partial charge in [0.1, 0.15) is 6.04 Å². The summed E-state index contributed by atoms with van der Waals surface area (Å²) in [4.78, 5) is 21.5. The van der Waals surface area contributed by atoms with Gasteiger partial charge in [-0.1, -0.05) is 54.6 Å². The highest BCUT2D eigenvalue weighted by Gasteiger charge is 2.33. The predicted molar refractivity (Wildman–Crippen MR) is 154 cm³/mol. The number of aromatic amines is 1. The number of nitrogens with one attached hydrogen (secondary N) is 1. The second kappa shape index (κ2) is 10.8. The SMILES string of the molecule is Cc1cccc2cc([C@H](c3nnnn3Cc3ccccc3)N3CCN(Cc4ccc5c(c4)OCO5)CC3)c(=O)[nH]c12.